The zero-order valence-corrected chi connectivity index (χ0v) is 32.6. The van der Waals surface area contributed by atoms with Crippen LogP contribution in [0.4, 0.5) is 10.7 Å². The fourth-order valence-corrected chi connectivity index (χ4v) is 8.98. The van der Waals surface area contributed by atoms with E-state index >= 15 is 0 Å². The summed E-state index contributed by atoms with van der Waals surface area (Å²) in [6.45, 7) is 4.19. The summed E-state index contributed by atoms with van der Waals surface area (Å²) >= 11 is 15.3. The number of amides is 3. The van der Waals surface area contributed by atoms with Gasteiger partial charge in [-0.05, 0) is 97.3 Å². The van der Waals surface area contributed by atoms with Gasteiger partial charge in [0.25, 0.3) is 11.8 Å². The molecule has 0 saturated carbocycles. The number of esters is 1. The van der Waals surface area contributed by atoms with E-state index in [-0.39, 0.29) is 18.2 Å². The Kier molecular flexibility index (Phi) is 12.9. The summed E-state index contributed by atoms with van der Waals surface area (Å²) in [6.07, 6.45) is 4.05. The van der Waals surface area contributed by atoms with Gasteiger partial charge in [-0.3, -0.25) is 14.4 Å². The molecule has 0 radical (unpaired) electrons. The van der Waals surface area contributed by atoms with Gasteiger partial charge in [0.2, 0.25) is 5.91 Å². The number of rotatable bonds is 12. The Bertz CT molecular complexity index is 2210. The summed E-state index contributed by atoms with van der Waals surface area (Å²) in [4.78, 5) is 56.1. The second-order valence-electron chi connectivity index (χ2n) is 12.7. The summed E-state index contributed by atoms with van der Waals surface area (Å²) in [6, 6.07) is 29.8. The largest absolute Gasteiger partial charge is 0.462 e. The van der Waals surface area contributed by atoms with Crippen LogP contribution in [0.25, 0.3) is 6.08 Å². The van der Waals surface area contributed by atoms with E-state index in [0.29, 0.717) is 48.2 Å². The highest BCUT2D eigenvalue weighted by Gasteiger charge is 2.31. The molecule has 1 aliphatic rings. The van der Waals surface area contributed by atoms with E-state index in [0.717, 1.165) is 35.3 Å². The maximum Gasteiger partial charge on any atom is 0.341 e. The van der Waals surface area contributed by atoms with Gasteiger partial charge in [0.05, 0.1) is 12.2 Å². The van der Waals surface area contributed by atoms with Crippen molar-refractivity contribution in [3.63, 3.8) is 0 Å². The minimum atomic E-state index is -0.710. The van der Waals surface area contributed by atoms with Gasteiger partial charge in [0.1, 0.15) is 15.9 Å². The first kappa shape index (κ1) is 38.8. The second-order valence-corrected chi connectivity index (χ2v) is 15.8. The molecule has 1 heterocycles. The molecule has 12 heteroatoms. The Morgan fingerprint density at radius 1 is 0.926 bits per heavy atom. The van der Waals surface area contributed by atoms with E-state index < -0.39 is 23.0 Å². The van der Waals surface area contributed by atoms with Crippen molar-refractivity contribution >= 4 is 86.8 Å². The summed E-state index contributed by atoms with van der Waals surface area (Å²) in [5, 5.41) is 9.20. The maximum atomic E-state index is 14.2. The molecule has 3 N–H and O–H groups in total. The molecule has 3 amide bonds. The molecule has 8 nitrogen and oxygen atoms in total. The molecule has 6 rings (SSSR count). The van der Waals surface area contributed by atoms with Crippen molar-refractivity contribution in [2.45, 2.75) is 43.3 Å². The maximum absolute atomic E-state index is 14.2. The Labute approximate surface area is 332 Å². The van der Waals surface area contributed by atoms with Crippen LogP contribution in [0.5, 0.6) is 0 Å². The molecule has 0 bridgehead atoms. The number of thioether (sulfide) groups is 1. The van der Waals surface area contributed by atoms with Crippen molar-refractivity contribution in [3.8, 4) is 0 Å². The normalized spacial score (nSPS) is 14.4. The van der Waals surface area contributed by atoms with Crippen LogP contribution >= 0.6 is 46.3 Å². The standard InChI is InChI=1S/C42H37Cl2N3O5S2/c1-3-52-42(51)36-32-20-17-25(2)21-35(32)54-41(36)47-40(50)37(26-11-6-4-7-12-26)53-31-16-10-15-30(24-31)45-39(49)34(22-28-18-19-29(43)23-33(28)44)46-38(48)27-13-8-5-9-14-27/h4-16,18-19,22-25,37H,3,17,20-21H2,1-2H3,(H,45,49)(H,46,48)(H,47,50)/b34-22+. The number of nitrogens with one attached hydrogen (secondary N) is 3. The summed E-state index contributed by atoms with van der Waals surface area (Å²) in [7, 11) is 0. The van der Waals surface area contributed by atoms with Crippen LogP contribution in [0, 0.1) is 5.92 Å². The highest BCUT2D eigenvalue weighted by atomic mass is 35.5. The molecule has 54 heavy (non-hydrogen) atoms. The number of hydrogen-bond acceptors (Lipinski definition) is 7. The SMILES string of the molecule is CCOC(=O)c1c(NC(=O)C(Sc2cccc(NC(=O)/C(=C\c3ccc(Cl)cc3Cl)NC(=O)c3ccccc3)c2)c2ccccc2)sc2c1CCC(C)C2. The number of hydrogen-bond donors (Lipinski definition) is 3. The van der Waals surface area contributed by atoms with E-state index in [4.69, 9.17) is 27.9 Å². The summed E-state index contributed by atoms with van der Waals surface area (Å²) in [5.74, 6) is -1.31. The molecule has 2 atom stereocenters. The molecule has 276 valence electrons. The van der Waals surface area contributed by atoms with Gasteiger partial charge >= 0.3 is 5.97 Å². The van der Waals surface area contributed by atoms with E-state index in [1.807, 2.05) is 36.4 Å². The number of carbonyl (C=O) groups excluding carboxylic acids is 4. The number of anilines is 2. The van der Waals surface area contributed by atoms with Crippen molar-refractivity contribution in [3.05, 3.63) is 152 Å². The highest BCUT2D eigenvalue weighted by Crippen LogP contribution is 2.42. The molecule has 1 aromatic heterocycles. The number of fused-ring (bicyclic) bond motifs is 1. The number of thiophene rings is 1. The first-order valence-corrected chi connectivity index (χ1v) is 19.8. The lowest BCUT2D eigenvalue weighted by Crippen LogP contribution is -2.30. The molecule has 0 aliphatic heterocycles. The number of carbonyl (C=O) groups is 4. The molecule has 0 fully saturated rings. The Hall–Kier alpha value is -4.87. The van der Waals surface area contributed by atoms with Gasteiger partial charge in [-0.2, -0.15) is 0 Å². The van der Waals surface area contributed by atoms with E-state index in [1.165, 1.54) is 29.2 Å². The van der Waals surface area contributed by atoms with Gasteiger partial charge in [0.15, 0.2) is 0 Å². The highest BCUT2D eigenvalue weighted by molar-refractivity contribution is 8.00. The minimum Gasteiger partial charge on any atom is -0.462 e. The van der Waals surface area contributed by atoms with Crippen molar-refractivity contribution in [1.29, 1.82) is 0 Å². The Balaban J connectivity index is 1.26. The van der Waals surface area contributed by atoms with Gasteiger partial charge in [-0.1, -0.05) is 90.8 Å². The summed E-state index contributed by atoms with van der Waals surface area (Å²) < 4.78 is 5.43. The lowest BCUT2D eigenvalue weighted by Gasteiger charge is -2.19. The van der Waals surface area contributed by atoms with E-state index in [2.05, 4.69) is 22.9 Å². The van der Waals surface area contributed by atoms with Gasteiger partial charge in [-0.25, -0.2) is 4.79 Å². The molecular formula is C42H37Cl2N3O5S2. The molecular weight excluding hydrogens is 762 g/mol. The number of benzene rings is 4. The smallest absolute Gasteiger partial charge is 0.341 e. The fourth-order valence-electron chi connectivity index (χ4n) is 6.03. The van der Waals surface area contributed by atoms with Crippen molar-refractivity contribution in [1.82, 2.24) is 5.32 Å². The molecule has 1 aliphatic carbocycles. The number of ether oxygens (including phenoxy) is 1. The summed E-state index contributed by atoms with van der Waals surface area (Å²) in [5.41, 5.74) is 3.41. The van der Waals surface area contributed by atoms with Crippen LogP contribution in [0.2, 0.25) is 10.0 Å². The minimum absolute atomic E-state index is 0.0434. The monoisotopic (exact) mass is 797 g/mol. The lowest BCUT2D eigenvalue weighted by atomic mass is 9.88. The Morgan fingerprint density at radius 3 is 2.39 bits per heavy atom. The average Bonchev–Trinajstić information content (AvgIpc) is 3.52. The fraction of sp³-hybridized carbons (Fsp3) is 0.190. The quantitative estimate of drug-likeness (QED) is 0.0658. The van der Waals surface area contributed by atoms with Crippen molar-refractivity contribution < 1.29 is 23.9 Å². The van der Waals surface area contributed by atoms with Gasteiger partial charge < -0.3 is 20.7 Å². The number of halogens is 2. The zero-order valence-electron chi connectivity index (χ0n) is 29.5. The molecule has 0 spiro atoms. The third kappa shape index (κ3) is 9.62. The predicted molar refractivity (Wildman–Crippen MR) is 219 cm³/mol. The third-order valence-electron chi connectivity index (χ3n) is 8.71. The first-order chi connectivity index (χ1) is 26.1. The van der Waals surface area contributed by atoms with Crippen LogP contribution in [0.1, 0.15) is 67.8 Å². The Morgan fingerprint density at radius 2 is 1.67 bits per heavy atom. The predicted octanol–water partition coefficient (Wildman–Crippen LogP) is 10.2. The zero-order chi connectivity index (χ0) is 38.2. The van der Waals surface area contributed by atoms with Crippen molar-refractivity contribution in [2.24, 2.45) is 5.92 Å². The van der Waals surface area contributed by atoms with Crippen molar-refractivity contribution in [2.75, 3.05) is 17.2 Å². The van der Waals surface area contributed by atoms with E-state index in [9.17, 15) is 19.2 Å². The lowest BCUT2D eigenvalue weighted by molar-refractivity contribution is -0.116. The van der Waals surface area contributed by atoms with Gasteiger partial charge in [0, 0.05) is 31.1 Å². The topological polar surface area (TPSA) is 114 Å². The van der Waals surface area contributed by atoms with Crippen LogP contribution in [-0.4, -0.2) is 30.3 Å². The van der Waals surface area contributed by atoms with Crippen LogP contribution in [0.15, 0.2) is 114 Å². The third-order valence-corrected chi connectivity index (χ3v) is 11.7. The average molecular weight is 799 g/mol. The van der Waals surface area contributed by atoms with Crippen LogP contribution < -0.4 is 16.0 Å². The first-order valence-electron chi connectivity index (χ1n) is 17.4. The van der Waals surface area contributed by atoms with Crippen LogP contribution in [-0.2, 0) is 27.2 Å². The molecule has 4 aromatic carbocycles. The molecule has 0 saturated heterocycles. The van der Waals surface area contributed by atoms with Gasteiger partial charge in [-0.15, -0.1) is 23.1 Å². The van der Waals surface area contributed by atoms with E-state index in [1.54, 1.807) is 73.7 Å². The second kappa shape index (κ2) is 18.0. The van der Waals surface area contributed by atoms with Crippen LogP contribution in [0.3, 0.4) is 0 Å². The molecule has 5 aromatic rings. The molecule has 2 unspecified atom stereocenters.